The molecular weight excluding hydrogens is 508 g/mol. The first-order valence-electron chi connectivity index (χ1n) is 14.1. The van der Waals surface area contributed by atoms with Gasteiger partial charge in [-0.2, -0.15) is 4.98 Å². The number of methoxy groups -OCH3 is 1. The Morgan fingerprint density at radius 3 is 2.58 bits per heavy atom. The number of amides is 2. The van der Waals surface area contributed by atoms with E-state index in [4.69, 9.17) is 10.5 Å². The van der Waals surface area contributed by atoms with Crippen molar-refractivity contribution in [2.24, 2.45) is 0 Å². The largest absolute Gasteiger partial charge is 0.496 e. The second-order valence-electron chi connectivity index (χ2n) is 10.3. The second-order valence-corrected chi connectivity index (χ2v) is 10.3. The number of unbranched alkanes of at least 4 members (excludes halogenated alkanes) is 2. The zero-order valence-electron chi connectivity index (χ0n) is 23.9. The van der Waals surface area contributed by atoms with E-state index in [9.17, 15) is 9.59 Å². The van der Waals surface area contributed by atoms with Crippen LogP contribution in [-0.2, 0) is 22.7 Å². The second kappa shape index (κ2) is 14.0. The van der Waals surface area contributed by atoms with E-state index in [1.54, 1.807) is 7.11 Å². The highest BCUT2D eigenvalue weighted by atomic mass is 16.5. The van der Waals surface area contributed by atoms with Gasteiger partial charge in [0.25, 0.3) is 0 Å². The first-order chi connectivity index (χ1) is 19.4. The molecule has 0 bridgehead atoms. The van der Waals surface area contributed by atoms with Crippen LogP contribution >= 0.6 is 0 Å². The van der Waals surface area contributed by atoms with Crippen LogP contribution in [0, 0.1) is 0 Å². The molecule has 216 valence electrons. The molecule has 1 aromatic carbocycles. The summed E-state index contributed by atoms with van der Waals surface area (Å²) in [5.41, 5.74) is 9.95. The zero-order valence-corrected chi connectivity index (χ0v) is 23.9. The van der Waals surface area contributed by atoms with Gasteiger partial charge >= 0.3 is 0 Å². The highest BCUT2D eigenvalue weighted by molar-refractivity contribution is 5.87. The van der Waals surface area contributed by atoms with Gasteiger partial charge in [-0.05, 0) is 24.1 Å². The van der Waals surface area contributed by atoms with Crippen LogP contribution < -0.4 is 21.1 Å². The number of nitrogens with two attached hydrogens (primary N) is 1. The Morgan fingerprint density at radius 1 is 1.05 bits per heavy atom. The summed E-state index contributed by atoms with van der Waals surface area (Å²) >= 11 is 0. The highest BCUT2D eigenvalue weighted by Gasteiger charge is 2.21. The lowest BCUT2D eigenvalue weighted by Gasteiger charge is -2.35. The van der Waals surface area contributed by atoms with Crippen LogP contribution in [0.4, 0.5) is 11.8 Å². The zero-order chi connectivity index (χ0) is 28.5. The molecule has 1 aliphatic rings. The summed E-state index contributed by atoms with van der Waals surface area (Å²) in [5, 5.41) is 6.14. The van der Waals surface area contributed by atoms with Crippen molar-refractivity contribution < 1.29 is 14.3 Å². The molecule has 3 heterocycles. The molecule has 40 heavy (non-hydrogen) atoms. The van der Waals surface area contributed by atoms with Crippen LogP contribution in [-0.4, -0.2) is 82.5 Å². The van der Waals surface area contributed by atoms with Gasteiger partial charge < -0.3 is 30.6 Å². The summed E-state index contributed by atoms with van der Waals surface area (Å²) in [5.74, 6) is 1.83. The molecule has 0 saturated carbocycles. The molecule has 1 saturated heterocycles. The lowest BCUT2D eigenvalue weighted by molar-refractivity contribution is -0.133. The first kappa shape index (κ1) is 29.1. The van der Waals surface area contributed by atoms with Crippen molar-refractivity contribution in [1.29, 1.82) is 0 Å². The van der Waals surface area contributed by atoms with Gasteiger partial charge in [0.1, 0.15) is 11.3 Å². The van der Waals surface area contributed by atoms with E-state index in [0.29, 0.717) is 32.6 Å². The Balaban J connectivity index is 1.39. The Kier molecular flexibility index (Phi) is 10.2. The number of hydrogen-bond acceptors (Lipinski definition) is 8. The van der Waals surface area contributed by atoms with Crippen molar-refractivity contribution in [2.75, 3.05) is 57.4 Å². The lowest BCUT2D eigenvalue weighted by atomic mass is 10.1. The fourth-order valence-corrected chi connectivity index (χ4v) is 5.08. The van der Waals surface area contributed by atoms with Crippen LogP contribution in [0.1, 0.15) is 50.7 Å². The topological polar surface area (TPSA) is 131 Å². The number of anilines is 2. The third kappa shape index (κ3) is 7.62. The molecule has 0 spiro atoms. The summed E-state index contributed by atoms with van der Waals surface area (Å²) < 4.78 is 7.93. The number of fused-ring (bicyclic) bond motifs is 1. The Morgan fingerprint density at radius 2 is 1.85 bits per heavy atom. The van der Waals surface area contributed by atoms with Crippen molar-refractivity contribution >= 4 is 34.6 Å². The Hall–Kier alpha value is -3.86. The van der Waals surface area contributed by atoms with Gasteiger partial charge in [-0.1, -0.05) is 31.9 Å². The normalized spacial score (nSPS) is 13.9. The minimum absolute atomic E-state index is 0.0874. The molecule has 3 aromatic rings. The maximum absolute atomic E-state index is 12.4. The number of rotatable bonds is 13. The molecule has 2 amide bonds. The lowest BCUT2D eigenvalue weighted by Crippen LogP contribution is -2.48. The molecule has 0 atom stereocenters. The molecule has 11 heteroatoms. The molecule has 1 aliphatic heterocycles. The van der Waals surface area contributed by atoms with Crippen LogP contribution in [0.3, 0.4) is 0 Å². The summed E-state index contributed by atoms with van der Waals surface area (Å²) in [6, 6.07) is 8.33. The Bertz CT molecular complexity index is 1300. The maximum atomic E-state index is 12.4. The summed E-state index contributed by atoms with van der Waals surface area (Å²) in [7, 11) is 1.70. The van der Waals surface area contributed by atoms with Gasteiger partial charge in [0.15, 0.2) is 5.82 Å². The van der Waals surface area contributed by atoms with Crippen molar-refractivity contribution in [3.8, 4) is 5.75 Å². The maximum Gasteiger partial charge on any atom is 0.224 e. The van der Waals surface area contributed by atoms with E-state index in [1.165, 1.54) is 6.92 Å². The van der Waals surface area contributed by atoms with E-state index in [-0.39, 0.29) is 17.8 Å². The minimum Gasteiger partial charge on any atom is -0.496 e. The molecule has 0 aliphatic carbocycles. The highest BCUT2D eigenvalue weighted by Crippen LogP contribution is 2.27. The van der Waals surface area contributed by atoms with Crippen molar-refractivity contribution in [1.82, 2.24) is 29.7 Å². The van der Waals surface area contributed by atoms with Crippen LogP contribution in [0.15, 0.2) is 30.5 Å². The number of benzene rings is 1. The standard InChI is InChI=1S/C29H42N8O3/c1-4-5-6-11-32-28-27-24(33-29(30)34-28)10-13-37(27)20-23-8-7-22(18-25(23)40-3)19-35-14-16-36(17-15-35)26(39)9-12-31-21(2)38/h7-8,10,13,18H,4-6,9,11-12,14-17,19-20H2,1-3H3,(H,31,38)(H3,30,32,33,34). The van der Waals surface area contributed by atoms with Gasteiger partial charge in [0.05, 0.1) is 19.2 Å². The van der Waals surface area contributed by atoms with Gasteiger partial charge in [-0.25, -0.2) is 4.98 Å². The first-order valence-corrected chi connectivity index (χ1v) is 14.1. The van der Waals surface area contributed by atoms with Gasteiger partial charge in [0, 0.05) is 70.9 Å². The van der Waals surface area contributed by atoms with E-state index >= 15 is 0 Å². The summed E-state index contributed by atoms with van der Waals surface area (Å²) in [6.07, 6.45) is 5.74. The van der Waals surface area contributed by atoms with Crippen LogP contribution in [0.25, 0.3) is 11.0 Å². The molecule has 2 aromatic heterocycles. The molecule has 4 rings (SSSR count). The number of carbonyl (C=O) groups is 2. The average Bonchev–Trinajstić information content (AvgIpc) is 3.34. The fraction of sp³-hybridized carbons (Fsp3) is 0.517. The number of aromatic nitrogens is 3. The number of ether oxygens (including phenoxy) is 1. The predicted octanol–water partition coefficient (Wildman–Crippen LogP) is 2.84. The molecular formula is C29H42N8O3. The Labute approximate surface area is 236 Å². The van der Waals surface area contributed by atoms with Gasteiger partial charge in [-0.15, -0.1) is 0 Å². The number of carbonyl (C=O) groups excluding carboxylic acids is 2. The molecule has 11 nitrogen and oxygen atoms in total. The third-order valence-electron chi connectivity index (χ3n) is 7.24. The number of nitrogens with one attached hydrogen (secondary N) is 2. The molecule has 4 N–H and O–H groups in total. The predicted molar refractivity (Wildman–Crippen MR) is 157 cm³/mol. The smallest absolute Gasteiger partial charge is 0.224 e. The number of nitrogen functional groups attached to an aromatic ring is 1. The van der Waals surface area contributed by atoms with Gasteiger partial charge in [-0.3, -0.25) is 14.5 Å². The molecule has 1 fully saturated rings. The number of hydrogen-bond donors (Lipinski definition) is 3. The van der Waals surface area contributed by atoms with Crippen LogP contribution in [0.2, 0.25) is 0 Å². The monoisotopic (exact) mass is 550 g/mol. The molecule has 0 unspecified atom stereocenters. The molecule has 0 radical (unpaired) electrons. The van der Waals surface area contributed by atoms with Crippen LogP contribution in [0.5, 0.6) is 5.75 Å². The van der Waals surface area contributed by atoms with E-state index in [0.717, 1.165) is 79.2 Å². The third-order valence-corrected chi connectivity index (χ3v) is 7.24. The quantitative estimate of drug-likeness (QED) is 0.277. The number of piperazine rings is 1. The van der Waals surface area contributed by atoms with Gasteiger partial charge in [0.2, 0.25) is 17.8 Å². The van der Waals surface area contributed by atoms with E-state index in [1.807, 2.05) is 17.2 Å². The van der Waals surface area contributed by atoms with Crippen molar-refractivity contribution in [3.05, 3.63) is 41.6 Å². The average molecular weight is 551 g/mol. The summed E-state index contributed by atoms with van der Waals surface area (Å²) in [6.45, 7) is 9.27. The van der Waals surface area contributed by atoms with E-state index in [2.05, 4.69) is 55.2 Å². The van der Waals surface area contributed by atoms with Crippen molar-refractivity contribution in [2.45, 2.75) is 52.6 Å². The SMILES string of the molecule is CCCCCNc1nc(N)nc2ccn(Cc3ccc(CN4CCN(C(=O)CCNC(C)=O)CC4)cc3OC)c12. The van der Waals surface area contributed by atoms with Crippen molar-refractivity contribution in [3.63, 3.8) is 0 Å². The number of nitrogens with zero attached hydrogens (tertiary/aromatic N) is 5. The fourth-order valence-electron chi connectivity index (χ4n) is 5.08. The summed E-state index contributed by atoms with van der Waals surface area (Å²) in [4.78, 5) is 36.6. The van der Waals surface area contributed by atoms with E-state index < -0.39 is 0 Å². The minimum atomic E-state index is -0.112.